The molecule has 360 valence electrons. The Bertz CT molecular complexity index is 2170. The molecule has 0 unspecified atom stereocenters. The number of nitrogens with one attached hydrogen (secondary N) is 6. The number of nitrogens with two attached hydrogens (primary N) is 3. The second-order valence-corrected chi connectivity index (χ2v) is 17.4. The lowest BCUT2D eigenvalue weighted by molar-refractivity contribution is -0.121. The Kier molecular flexibility index (Phi) is 26.9. The molecule has 0 spiro atoms. The number of amidine groups is 1. The predicted octanol–water partition coefficient (Wildman–Crippen LogP) is 6.60. The summed E-state index contributed by atoms with van der Waals surface area (Å²) in [6.45, 7) is 10.1. The van der Waals surface area contributed by atoms with Gasteiger partial charge in [0, 0.05) is 78.8 Å². The van der Waals surface area contributed by atoms with Gasteiger partial charge in [-0.05, 0) is 83.2 Å². The van der Waals surface area contributed by atoms with Crippen LogP contribution in [0.2, 0.25) is 10.0 Å². The molecule has 2 aromatic rings. The number of halogens is 2. The highest BCUT2D eigenvalue weighted by molar-refractivity contribution is 7.99. The number of guanidine groups is 1. The fourth-order valence-electron chi connectivity index (χ4n) is 5.68. The van der Waals surface area contributed by atoms with Crippen LogP contribution in [0, 0.1) is 0 Å². The first-order valence-corrected chi connectivity index (χ1v) is 24.1. The predicted molar refractivity (Wildman–Crippen MR) is 272 cm³/mol. The minimum atomic E-state index is -0.695. The Morgan fingerprint density at radius 1 is 0.682 bits per heavy atom. The molecule has 0 aromatic heterocycles. The summed E-state index contributed by atoms with van der Waals surface area (Å²) in [6.07, 6.45) is 6.74. The van der Waals surface area contributed by atoms with Gasteiger partial charge in [-0.1, -0.05) is 42.6 Å². The van der Waals surface area contributed by atoms with Crippen LogP contribution in [0.1, 0.15) is 86.0 Å². The number of carbonyl (C=O) groups excluding carboxylic acids is 6. The van der Waals surface area contributed by atoms with Crippen LogP contribution >= 0.6 is 46.7 Å². The van der Waals surface area contributed by atoms with Crippen molar-refractivity contribution in [2.24, 2.45) is 32.2 Å². The molecule has 18 nitrogen and oxygen atoms in total. The van der Waals surface area contributed by atoms with Gasteiger partial charge < -0.3 is 49.1 Å². The first-order valence-electron chi connectivity index (χ1n) is 21.3. The van der Waals surface area contributed by atoms with Gasteiger partial charge in [-0.3, -0.25) is 43.7 Å². The summed E-state index contributed by atoms with van der Waals surface area (Å²) >= 11 is 15.7. The zero-order valence-corrected chi connectivity index (χ0v) is 41.2. The highest BCUT2D eigenvalue weighted by atomic mass is 35.5. The molecule has 0 atom stereocenters. The zero-order valence-electron chi connectivity index (χ0n) is 38.0. The normalized spacial score (nSPS) is 11.9. The van der Waals surface area contributed by atoms with Crippen molar-refractivity contribution in [1.29, 1.82) is 0 Å². The summed E-state index contributed by atoms with van der Waals surface area (Å²) in [4.78, 5) is 91.1. The number of unbranched alkanes of at least 4 members (excludes halogenated alkanes) is 2. The maximum Gasteiger partial charge on any atom is 0.274 e. The van der Waals surface area contributed by atoms with Crippen LogP contribution in [0.4, 0.5) is 22.7 Å². The molecule has 0 aliphatic heterocycles. The van der Waals surface area contributed by atoms with Crippen molar-refractivity contribution in [2.45, 2.75) is 95.8 Å². The Morgan fingerprint density at radius 2 is 1.18 bits per heavy atom. The average Bonchev–Trinajstić information content (AvgIpc) is 3.25. The summed E-state index contributed by atoms with van der Waals surface area (Å²) in [6, 6.07) is 6.23. The van der Waals surface area contributed by atoms with Gasteiger partial charge in [-0.25, -0.2) is 0 Å². The summed E-state index contributed by atoms with van der Waals surface area (Å²) in [5.41, 5.74) is 18.3. The minimum absolute atomic E-state index is 0.0310. The molecule has 22 heteroatoms. The summed E-state index contributed by atoms with van der Waals surface area (Å²) in [5.74, 6) is -0.796. The van der Waals surface area contributed by atoms with E-state index in [4.69, 9.17) is 40.4 Å². The smallest absolute Gasteiger partial charge is 0.274 e. The third-order valence-electron chi connectivity index (χ3n) is 9.02. The van der Waals surface area contributed by atoms with Crippen LogP contribution < -0.4 is 49.1 Å². The topological polar surface area (TPSA) is 290 Å². The lowest BCUT2D eigenvalue weighted by Crippen LogP contribution is -2.24. The summed E-state index contributed by atoms with van der Waals surface area (Å²) in [7, 11) is 0. The standard InChI is InChI=1S/C44H62Cl2N12O6S2/c1-6-27(4)31(42(63)57-34-23-29(45)21-32(40(34)65-19-17-50-26-59)55-38(61)13-9-11-15-52-28(5)47)25-36(51-8-3)43(64)58-35-24-30(46)22-33(41(35)66-20-18-53-37(60)7-2)56-39(62)14-10-12-16-54-44(48)49/h8,21-26H,6-7,9-20H2,1-5H3,(H2,47,52)(H,50,59)(H,53,60)(H,55,61)(H,56,62)(H,57,63)(H,58,64)(H4,48,49,54). The van der Waals surface area contributed by atoms with E-state index in [1.54, 1.807) is 45.9 Å². The molecule has 0 saturated carbocycles. The molecule has 66 heavy (non-hydrogen) atoms. The van der Waals surface area contributed by atoms with Crippen LogP contribution in [-0.2, 0) is 28.8 Å². The van der Waals surface area contributed by atoms with Crippen LogP contribution in [0.5, 0.6) is 0 Å². The molecule has 2 aromatic carbocycles. The number of benzene rings is 2. The molecule has 0 heterocycles. The number of rotatable bonds is 29. The second-order valence-electron chi connectivity index (χ2n) is 14.3. The van der Waals surface area contributed by atoms with Crippen molar-refractivity contribution in [3.8, 4) is 0 Å². The van der Waals surface area contributed by atoms with E-state index in [1.807, 2.05) is 6.92 Å². The lowest BCUT2D eigenvalue weighted by atomic mass is 10.0. The SMILES string of the molecule is CC=NC(=CC(C(=O)Nc1cc(Cl)cc(NC(=O)CCCCN=C(C)N)c1SCCNC=O)=C(C)CC)C(=O)Nc1cc(Cl)cc(NC(=O)CCCCN=C(N)N)c1SCCNC(=O)CC. The van der Waals surface area contributed by atoms with E-state index in [9.17, 15) is 28.8 Å². The molecule has 0 bridgehead atoms. The third kappa shape index (κ3) is 21.6. The monoisotopic (exact) mass is 988 g/mol. The van der Waals surface area contributed by atoms with Crippen molar-refractivity contribution in [2.75, 3.05) is 59.0 Å². The number of thioether (sulfide) groups is 2. The lowest BCUT2D eigenvalue weighted by Gasteiger charge is -2.18. The number of hydrogen-bond donors (Lipinski definition) is 9. The number of allylic oxidation sites excluding steroid dienone is 1. The highest BCUT2D eigenvalue weighted by Gasteiger charge is 2.22. The first-order chi connectivity index (χ1) is 31.5. The maximum absolute atomic E-state index is 14.3. The van der Waals surface area contributed by atoms with Gasteiger partial charge in [-0.15, -0.1) is 23.5 Å². The maximum atomic E-state index is 14.3. The summed E-state index contributed by atoms with van der Waals surface area (Å²) in [5, 5.41) is 17.5. The Hall–Kier alpha value is -5.57. The van der Waals surface area contributed by atoms with Crippen LogP contribution in [0.3, 0.4) is 0 Å². The number of carbonyl (C=O) groups is 6. The van der Waals surface area contributed by atoms with E-state index in [1.165, 1.54) is 41.9 Å². The fraction of sp³-hybridized carbons (Fsp3) is 0.432. The number of aliphatic imine (C=N–C) groups is 3. The number of amides is 6. The van der Waals surface area contributed by atoms with E-state index in [-0.39, 0.29) is 69.2 Å². The van der Waals surface area contributed by atoms with E-state index in [2.05, 4.69) is 46.9 Å². The number of anilines is 4. The Morgan fingerprint density at radius 3 is 1.65 bits per heavy atom. The molecule has 0 aliphatic rings. The van der Waals surface area contributed by atoms with Gasteiger partial charge >= 0.3 is 0 Å². The van der Waals surface area contributed by atoms with E-state index in [0.29, 0.717) is 115 Å². The van der Waals surface area contributed by atoms with Crippen molar-refractivity contribution in [3.63, 3.8) is 0 Å². The van der Waals surface area contributed by atoms with Crippen LogP contribution in [-0.4, -0.2) is 91.6 Å². The molecular weight excluding hydrogens is 928 g/mol. The van der Waals surface area contributed by atoms with Crippen molar-refractivity contribution in [3.05, 3.63) is 57.2 Å². The fourth-order valence-corrected chi connectivity index (χ4v) is 8.01. The third-order valence-corrected chi connectivity index (χ3v) is 11.7. The molecule has 0 saturated heterocycles. The number of nitrogens with zero attached hydrogens (tertiary/aromatic N) is 3. The molecule has 0 aliphatic carbocycles. The Labute approximate surface area is 405 Å². The zero-order chi connectivity index (χ0) is 49.0. The molecule has 2 rings (SSSR count). The van der Waals surface area contributed by atoms with Gasteiger partial charge in [0.1, 0.15) is 5.70 Å². The van der Waals surface area contributed by atoms with Crippen molar-refractivity contribution < 1.29 is 28.8 Å². The molecule has 0 fully saturated rings. The van der Waals surface area contributed by atoms with E-state index in [0.717, 1.165) is 0 Å². The van der Waals surface area contributed by atoms with Crippen molar-refractivity contribution in [1.82, 2.24) is 10.6 Å². The van der Waals surface area contributed by atoms with Gasteiger partial charge in [0.15, 0.2) is 5.96 Å². The second kappa shape index (κ2) is 31.4. The highest BCUT2D eigenvalue weighted by Crippen LogP contribution is 2.39. The van der Waals surface area contributed by atoms with E-state index >= 15 is 0 Å². The molecule has 0 radical (unpaired) electrons. The van der Waals surface area contributed by atoms with Gasteiger partial charge in [0.2, 0.25) is 24.1 Å². The minimum Gasteiger partial charge on any atom is -0.388 e. The first kappa shape index (κ1) is 56.6. The number of hydrogen-bond acceptors (Lipinski definition) is 11. The Balaban J connectivity index is 2.55. The van der Waals surface area contributed by atoms with Crippen molar-refractivity contribution >= 4 is 123 Å². The molecular formula is C44H62Cl2N12O6S2. The van der Waals surface area contributed by atoms with E-state index < -0.39 is 11.8 Å². The average molecular weight is 990 g/mol. The quantitative estimate of drug-likeness (QED) is 0.00796. The summed E-state index contributed by atoms with van der Waals surface area (Å²) < 4.78 is 0. The molecule has 6 amide bonds. The van der Waals surface area contributed by atoms with Gasteiger partial charge in [-0.2, -0.15) is 0 Å². The van der Waals surface area contributed by atoms with Gasteiger partial charge in [0.05, 0.1) is 38.4 Å². The van der Waals surface area contributed by atoms with Gasteiger partial charge in [0.25, 0.3) is 11.8 Å². The largest absolute Gasteiger partial charge is 0.388 e. The van der Waals surface area contributed by atoms with Crippen LogP contribution in [0.25, 0.3) is 0 Å². The molecule has 12 N–H and O–H groups in total. The van der Waals surface area contributed by atoms with Crippen LogP contribution in [0.15, 0.2) is 72.0 Å².